The minimum atomic E-state index is -4.11. The smallest absolute Gasteiger partial charge is 0.391 e. The molecule has 30 heavy (non-hydrogen) atoms. The molecular weight excluding hydrogens is 397 g/mol. The third kappa shape index (κ3) is 5.34. The van der Waals surface area contributed by atoms with E-state index in [-0.39, 0.29) is 19.4 Å². The van der Waals surface area contributed by atoms with Crippen LogP contribution in [-0.4, -0.2) is 51.2 Å². The number of carbonyl (C=O) groups excluding carboxylic acids is 1. The number of nitrogens with zero attached hydrogens (tertiary/aromatic N) is 3. The average molecular weight is 422 g/mol. The molecule has 1 saturated heterocycles. The monoisotopic (exact) mass is 422 g/mol. The zero-order chi connectivity index (χ0) is 21.7. The molecule has 1 aliphatic heterocycles. The lowest BCUT2D eigenvalue weighted by Gasteiger charge is -2.34. The van der Waals surface area contributed by atoms with E-state index in [0.29, 0.717) is 36.6 Å². The number of alkyl halides is 3. The molecule has 162 valence electrons. The third-order valence-electron chi connectivity index (χ3n) is 5.04. The van der Waals surface area contributed by atoms with Crippen LogP contribution in [0.15, 0.2) is 36.5 Å². The van der Waals surface area contributed by atoms with Crippen LogP contribution in [0.1, 0.15) is 12.8 Å². The summed E-state index contributed by atoms with van der Waals surface area (Å²) in [6, 6.07) is 9.29. The summed E-state index contributed by atoms with van der Waals surface area (Å²) in [6.45, 7) is 0.723. The predicted octanol–water partition coefficient (Wildman–Crippen LogP) is 4.25. The number of carbonyl (C=O) groups is 1. The van der Waals surface area contributed by atoms with Gasteiger partial charge in [-0.1, -0.05) is 0 Å². The molecule has 3 rings (SSSR count). The Morgan fingerprint density at radius 1 is 1.20 bits per heavy atom. The minimum absolute atomic E-state index is 0.0638. The Hall–Kier alpha value is -2.97. The average Bonchev–Trinajstić information content (AvgIpc) is 2.72. The van der Waals surface area contributed by atoms with Crippen LogP contribution in [0.2, 0.25) is 0 Å². The van der Waals surface area contributed by atoms with E-state index in [1.54, 1.807) is 17.2 Å². The molecule has 1 N–H and O–H groups in total. The maximum absolute atomic E-state index is 12.8. The summed E-state index contributed by atoms with van der Waals surface area (Å²) in [6.07, 6.45) is -1.52. The van der Waals surface area contributed by atoms with E-state index in [4.69, 9.17) is 4.74 Å². The fourth-order valence-electron chi connectivity index (χ4n) is 3.46. The first kappa shape index (κ1) is 21.7. The van der Waals surface area contributed by atoms with Gasteiger partial charge in [0.05, 0.1) is 17.8 Å². The molecule has 0 aliphatic carbocycles. The summed E-state index contributed by atoms with van der Waals surface area (Å²) in [5, 5.41) is 3.23. The second-order valence-corrected chi connectivity index (χ2v) is 7.39. The van der Waals surface area contributed by atoms with E-state index in [9.17, 15) is 18.0 Å². The van der Waals surface area contributed by atoms with E-state index in [1.807, 2.05) is 43.3 Å². The van der Waals surface area contributed by atoms with E-state index < -0.39 is 12.1 Å². The maximum atomic E-state index is 12.8. The van der Waals surface area contributed by atoms with Gasteiger partial charge in [-0.25, -0.2) is 4.98 Å². The topological polar surface area (TPSA) is 57.7 Å². The molecule has 1 aromatic carbocycles. The highest BCUT2D eigenvalue weighted by Gasteiger charge is 2.41. The number of hydrogen-bond acceptors (Lipinski definition) is 6. The number of aromatic nitrogens is 1. The van der Waals surface area contributed by atoms with Crippen molar-refractivity contribution in [3.63, 3.8) is 0 Å². The van der Waals surface area contributed by atoms with Gasteiger partial charge in [-0.2, -0.15) is 13.2 Å². The number of pyridine rings is 1. The fraction of sp³-hybridized carbons (Fsp3) is 0.429. The summed E-state index contributed by atoms with van der Waals surface area (Å²) in [7, 11) is 3.67. The molecule has 2 aromatic rings. The molecular formula is C21H25F3N4O2. The van der Waals surface area contributed by atoms with Crippen LogP contribution >= 0.6 is 0 Å². The highest BCUT2D eigenvalue weighted by molar-refractivity contribution is 5.67. The Kier molecular flexibility index (Phi) is 6.69. The second-order valence-electron chi connectivity index (χ2n) is 7.39. The number of halogens is 3. The Balaban J connectivity index is 1.65. The van der Waals surface area contributed by atoms with Crippen LogP contribution in [0.3, 0.4) is 0 Å². The SMILES string of the molecule is CN(C)c1ncc(Nc2ccc(N3CCC(C(F)(F)F)CC3)cc2)cc1OCC=O. The normalized spacial score (nSPS) is 15.0. The maximum Gasteiger partial charge on any atom is 0.391 e. The molecule has 0 atom stereocenters. The van der Waals surface area contributed by atoms with Crippen LogP contribution in [0.25, 0.3) is 0 Å². The molecule has 0 unspecified atom stereocenters. The molecule has 0 saturated carbocycles. The Bertz CT molecular complexity index is 848. The second kappa shape index (κ2) is 9.23. The number of ether oxygens (including phenoxy) is 1. The van der Waals surface area contributed by atoms with Crippen molar-refractivity contribution in [3.8, 4) is 5.75 Å². The third-order valence-corrected chi connectivity index (χ3v) is 5.04. The Morgan fingerprint density at radius 2 is 1.87 bits per heavy atom. The van der Waals surface area contributed by atoms with Crippen molar-refractivity contribution in [1.29, 1.82) is 0 Å². The minimum Gasteiger partial charge on any atom is -0.482 e. The number of anilines is 4. The van der Waals surface area contributed by atoms with Crippen LogP contribution in [0.5, 0.6) is 5.75 Å². The van der Waals surface area contributed by atoms with Gasteiger partial charge in [-0.15, -0.1) is 0 Å². The van der Waals surface area contributed by atoms with Crippen molar-refractivity contribution in [2.24, 2.45) is 5.92 Å². The standard InChI is InChI=1S/C21H25F3N4O2/c1-27(2)20-19(30-12-11-29)13-17(14-25-20)26-16-3-5-18(6-4-16)28-9-7-15(8-10-28)21(22,23)24/h3-6,11,13-15,26H,7-10,12H2,1-2H3. The molecule has 0 bridgehead atoms. The van der Waals surface area contributed by atoms with Crippen LogP contribution in [0.4, 0.5) is 36.1 Å². The summed E-state index contributed by atoms with van der Waals surface area (Å²) in [5.41, 5.74) is 2.40. The van der Waals surface area contributed by atoms with Gasteiger partial charge in [0.1, 0.15) is 6.61 Å². The number of nitrogens with one attached hydrogen (secondary N) is 1. The van der Waals surface area contributed by atoms with Gasteiger partial charge in [-0.3, -0.25) is 4.79 Å². The van der Waals surface area contributed by atoms with Gasteiger partial charge in [-0.05, 0) is 37.1 Å². The molecule has 0 radical (unpaired) electrons. The van der Waals surface area contributed by atoms with Gasteiger partial charge in [0.2, 0.25) is 0 Å². The van der Waals surface area contributed by atoms with Crippen molar-refractivity contribution < 1.29 is 22.7 Å². The molecule has 9 heteroatoms. The molecule has 2 heterocycles. The lowest BCUT2D eigenvalue weighted by Crippen LogP contribution is -2.38. The van der Waals surface area contributed by atoms with Crippen LogP contribution in [-0.2, 0) is 4.79 Å². The first-order valence-corrected chi connectivity index (χ1v) is 9.70. The lowest BCUT2D eigenvalue weighted by molar-refractivity contribution is -0.179. The van der Waals surface area contributed by atoms with Crippen molar-refractivity contribution in [1.82, 2.24) is 4.98 Å². The van der Waals surface area contributed by atoms with Crippen molar-refractivity contribution in [3.05, 3.63) is 36.5 Å². The first-order chi connectivity index (χ1) is 14.3. The lowest BCUT2D eigenvalue weighted by atomic mass is 9.96. The Morgan fingerprint density at radius 3 is 2.43 bits per heavy atom. The largest absolute Gasteiger partial charge is 0.482 e. The van der Waals surface area contributed by atoms with Crippen LogP contribution in [0, 0.1) is 5.92 Å². The molecule has 0 spiro atoms. The molecule has 1 fully saturated rings. The Labute approximate surface area is 173 Å². The van der Waals surface area contributed by atoms with Crippen molar-refractivity contribution in [2.75, 3.05) is 48.9 Å². The summed E-state index contributed by atoms with van der Waals surface area (Å²) >= 11 is 0. The highest BCUT2D eigenvalue weighted by atomic mass is 19.4. The summed E-state index contributed by atoms with van der Waals surface area (Å²) in [4.78, 5) is 18.8. The number of rotatable bonds is 7. The van der Waals surface area contributed by atoms with Crippen LogP contribution < -0.4 is 19.9 Å². The molecule has 6 nitrogen and oxygen atoms in total. The number of piperidine rings is 1. The quantitative estimate of drug-likeness (QED) is 0.674. The van der Waals surface area contributed by atoms with Gasteiger partial charge >= 0.3 is 6.18 Å². The fourth-order valence-corrected chi connectivity index (χ4v) is 3.46. The first-order valence-electron chi connectivity index (χ1n) is 9.70. The number of aldehydes is 1. The van der Waals surface area contributed by atoms with Gasteiger partial charge in [0.15, 0.2) is 17.9 Å². The zero-order valence-corrected chi connectivity index (χ0v) is 16.9. The van der Waals surface area contributed by atoms with E-state index >= 15 is 0 Å². The van der Waals surface area contributed by atoms with E-state index in [0.717, 1.165) is 11.4 Å². The summed E-state index contributed by atoms with van der Waals surface area (Å²) < 4.78 is 44.0. The molecule has 1 aliphatic rings. The molecule has 0 amide bonds. The number of benzene rings is 1. The van der Waals surface area contributed by atoms with Crippen molar-refractivity contribution >= 4 is 29.2 Å². The van der Waals surface area contributed by atoms with Gasteiger partial charge < -0.3 is 19.9 Å². The predicted molar refractivity (Wildman–Crippen MR) is 111 cm³/mol. The van der Waals surface area contributed by atoms with Crippen molar-refractivity contribution in [2.45, 2.75) is 19.0 Å². The molecule has 1 aromatic heterocycles. The highest BCUT2D eigenvalue weighted by Crippen LogP contribution is 2.36. The zero-order valence-electron chi connectivity index (χ0n) is 16.9. The van der Waals surface area contributed by atoms with E-state index in [2.05, 4.69) is 10.3 Å². The van der Waals surface area contributed by atoms with Gasteiger partial charge in [0.25, 0.3) is 0 Å². The number of hydrogen-bond donors (Lipinski definition) is 1. The summed E-state index contributed by atoms with van der Waals surface area (Å²) in [5.74, 6) is -0.107. The van der Waals surface area contributed by atoms with Gasteiger partial charge in [0, 0.05) is 44.6 Å². The van der Waals surface area contributed by atoms with E-state index in [1.165, 1.54) is 0 Å².